The quantitative estimate of drug-likeness (QED) is 0.677. The zero-order valence-electron chi connectivity index (χ0n) is 14.9. The van der Waals surface area contributed by atoms with Gasteiger partial charge in [0, 0.05) is 16.9 Å². The van der Waals surface area contributed by atoms with Crippen LogP contribution in [0, 0.1) is 17.8 Å². The van der Waals surface area contributed by atoms with Crippen molar-refractivity contribution >= 4 is 15.9 Å². The first-order valence-electron chi connectivity index (χ1n) is 10.1. The number of fused-ring (bicyclic) bond motifs is 1. The molecule has 0 spiro atoms. The van der Waals surface area contributed by atoms with Crippen molar-refractivity contribution in [3.05, 3.63) is 23.8 Å². The summed E-state index contributed by atoms with van der Waals surface area (Å²) < 4.78 is 0. The SMILES string of the molecule is CC1CCC2C(CC3=CC=CCC3)C(Br)CCC2N1C(O)C1CC1. The minimum absolute atomic E-state index is 0.183. The molecule has 1 heterocycles. The summed E-state index contributed by atoms with van der Waals surface area (Å²) in [6.07, 6.45) is 18.0. The van der Waals surface area contributed by atoms with Gasteiger partial charge in [-0.2, -0.15) is 0 Å². The highest BCUT2D eigenvalue weighted by Crippen LogP contribution is 2.48. The smallest absolute Gasteiger partial charge is 0.110 e. The van der Waals surface area contributed by atoms with Crippen molar-refractivity contribution in [2.24, 2.45) is 17.8 Å². The van der Waals surface area contributed by atoms with Crippen LogP contribution in [0.4, 0.5) is 0 Å². The van der Waals surface area contributed by atoms with E-state index in [0.717, 1.165) is 11.8 Å². The molecule has 2 nitrogen and oxygen atoms in total. The van der Waals surface area contributed by atoms with E-state index in [-0.39, 0.29) is 6.23 Å². The van der Waals surface area contributed by atoms with Gasteiger partial charge in [-0.15, -0.1) is 0 Å². The molecular formula is C21H32BrNO. The lowest BCUT2D eigenvalue weighted by atomic mass is 9.67. The summed E-state index contributed by atoms with van der Waals surface area (Å²) in [6, 6.07) is 1.15. The summed E-state index contributed by atoms with van der Waals surface area (Å²) in [5.41, 5.74) is 1.64. The zero-order valence-corrected chi connectivity index (χ0v) is 16.5. The number of nitrogens with zero attached hydrogens (tertiary/aromatic N) is 1. The van der Waals surface area contributed by atoms with Gasteiger partial charge in [0.15, 0.2) is 0 Å². The highest BCUT2D eigenvalue weighted by atomic mass is 79.9. The van der Waals surface area contributed by atoms with Crippen LogP contribution in [0.25, 0.3) is 0 Å². The Morgan fingerprint density at radius 2 is 2.04 bits per heavy atom. The maximum Gasteiger partial charge on any atom is 0.110 e. The Labute approximate surface area is 155 Å². The van der Waals surface area contributed by atoms with Crippen molar-refractivity contribution < 1.29 is 5.11 Å². The van der Waals surface area contributed by atoms with Crippen LogP contribution in [0.2, 0.25) is 0 Å². The van der Waals surface area contributed by atoms with Crippen molar-refractivity contribution in [3.8, 4) is 0 Å². The fourth-order valence-corrected chi connectivity index (χ4v) is 6.34. The van der Waals surface area contributed by atoms with E-state index in [2.05, 4.69) is 46.0 Å². The van der Waals surface area contributed by atoms with Crippen molar-refractivity contribution in [2.75, 3.05) is 0 Å². The van der Waals surface area contributed by atoms with E-state index in [4.69, 9.17) is 0 Å². The summed E-state index contributed by atoms with van der Waals surface area (Å²) in [6.45, 7) is 2.34. The first-order valence-corrected chi connectivity index (χ1v) is 11.0. The minimum atomic E-state index is -0.183. The van der Waals surface area contributed by atoms with Gasteiger partial charge in [0.2, 0.25) is 0 Å². The lowest BCUT2D eigenvalue weighted by Gasteiger charge is -2.53. The van der Waals surface area contributed by atoms with E-state index in [1.165, 1.54) is 57.8 Å². The second kappa shape index (κ2) is 7.25. The van der Waals surface area contributed by atoms with Crippen LogP contribution in [-0.4, -0.2) is 33.1 Å². The van der Waals surface area contributed by atoms with Crippen molar-refractivity contribution in [1.29, 1.82) is 0 Å². The summed E-state index contributed by atoms with van der Waals surface area (Å²) in [4.78, 5) is 3.19. The van der Waals surface area contributed by atoms with Crippen LogP contribution in [-0.2, 0) is 0 Å². The van der Waals surface area contributed by atoms with Crippen molar-refractivity contribution in [3.63, 3.8) is 0 Å². The van der Waals surface area contributed by atoms with E-state index in [9.17, 15) is 5.11 Å². The number of aliphatic hydroxyl groups excluding tert-OH is 1. The molecule has 0 aromatic heterocycles. The Morgan fingerprint density at radius 3 is 2.75 bits per heavy atom. The number of allylic oxidation sites excluding steroid dienone is 4. The molecule has 1 N–H and O–H groups in total. The van der Waals surface area contributed by atoms with Crippen LogP contribution in [0.5, 0.6) is 0 Å². The molecule has 0 aromatic carbocycles. The average Bonchev–Trinajstić information content (AvgIpc) is 3.43. The minimum Gasteiger partial charge on any atom is -0.378 e. The topological polar surface area (TPSA) is 23.5 Å². The number of aliphatic hydroxyl groups is 1. The number of alkyl halides is 1. The molecule has 1 saturated heterocycles. The Bertz CT molecular complexity index is 512. The number of halogens is 1. The van der Waals surface area contributed by atoms with Gasteiger partial charge in [-0.3, -0.25) is 4.90 Å². The second-order valence-electron chi connectivity index (χ2n) is 8.61. The van der Waals surface area contributed by atoms with Gasteiger partial charge in [-0.05, 0) is 82.5 Å². The average molecular weight is 394 g/mol. The predicted octanol–water partition coefficient (Wildman–Crippen LogP) is 5.02. The third kappa shape index (κ3) is 3.41. The van der Waals surface area contributed by atoms with Gasteiger partial charge in [-0.25, -0.2) is 0 Å². The highest BCUT2D eigenvalue weighted by Gasteiger charge is 2.48. The molecule has 24 heavy (non-hydrogen) atoms. The largest absolute Gasteiger partial charge is 0.378 e. The monoisotopic (exact) mass is 393 g/mol. The second-order valence-corrected chi connectivity index (χ2v) is 9.79. The predicted molar refractivity (Wildman–Crippen MR) is 103 cm³/mol. The van der Waals surface area contributed by atoms with Crippen molar-refractivity contribution in [2.45, 2.75) is 87.8 Å². The zero-order chi connectivity index (χ0) is 16.7. The number of hydrogen-bond donors (Lipinski definition) is 1. The Kier molecular flexibility index (Phi) is 5.22. The highest BCUT2D eigenvalue weighted by molar-refractivity contribution is 9.09. The summed E-state index contributed by atoms with van der Waals surface area (Å²) in [5, 5.41) is 10.9. The number of hydrogen-bond acceptors (Lipinski definition) is 2. The molecule has 3 fully saturated rings. The number of likely N-dealkylation sites (tertiary alicyclic amines) is 1. The Balaban J connectivity index is 1.52. The first kappa shape index (κ1) is 17.3. The van der Waals surface area contributed by atoms with Crippen LogP contribution in [0.1, 0.15) is 64.7 Å². The van der Waals surface area contributed by atoms with Crippen LogP contribution >= 0.6 is 15.9 Å². The van der Waals surface area contributed by atoms with Crippen LogP contribution in [0.3, 0.4) is 0 Å². The van der Waals surface area contributed by atoms with Gasteiger partial charge in [0.1, 0.15) is 6.23 Å². The molecule has 4 aliphatic rings. The normalized spacial score (nSPS) is 41.6. The molecule has 0 bridgehead atoms. The molecule has 6 atom stereocenters. The van der Waals surface area contributed by atoms with Gasteiger partial charge < -0.3 is 5.11 Å². The van der Waals surface area contributed by atoms with E-state index >= 15 is 0 Å². The summed E-state index contributed by atoms with van der Waals surface area (Å²) >= 11 is 4.03. The molecular weight excluding hydrogens is 362 g/mol. The van der Waals surface area contributed by atoms with Gasteiger partial charge in [0.25, 0.3) is 0 Å². The summed E-state index contributed by atoms with van der Waals surface area (Å²) in [7, 11) is 0. The fourth-order valence-electron chi connectivity index (χ4n) is 5.50. The third-order valence-electron chi connectivity index (χ3n) is 7.00. The third-order valence-corrected chi connectivity index (χ3v) is 8.14. The molecule has 1 aliphatic heterocycles. The van der Waals surface area contributed by atoms with E-state index < -0.39 is 0 Å². The maximum absolute atomic E-state index is 10.9. The standard InChI is InChI=1S/C21H32BrNO/c1-14-7-10-17-18(13-15-5-3-2-4-6-15)19(22)11-12-20(17)23(14)21(24)16-8-9-16/h2-3,5,14,16-21,24H,4,6-13H2,1H3. The van der Waals surface area contributed by atoms with Gasteiger partial charge in [-0.1, -0.05) is 39.7 Å². The molecule has 3 heteroatoms. The molecule has 6 unspecified atom stereocenters. The van der Waals surface area contributed by atoms with Crippen LogP contribution in [0.15, 0.2) is 23.8 Å². The molecule has 3 aliphatic carbocycles. The first-order chi connectivity index (χ1) is 11.6. The lowest BCUT2D eigenvalue weighted by molar-refractivity contribution is -0.116. The molecule has 2 saturated carbocycles. The van der Waals surface area contributed by atoms with E-state index in [1.807, 2.05) is 0 Å². The Hall–Kier alpha value is -0.120. The molecule has 0 amide bonds. The fraction of sp³-hybridized carbons (Fsp3) is 0.810. The number of piperidine rings is 1. The molecule has 0 aromatic rings. The number of rotatable bonds is 4. The maximum atomic E-state index is 10.9. The van der Waals surface area contributed by atoms with Crippen LogP contribution < -0.4 is 0 Å². The van der Waals surface area contributed by atoms with Crippen molar-refractivity contribution in [1.82, 2.24) is 4.90 Å². The van der Waals surface area contributed by atoms with Gasteiger partial charge >= 0.3 is 0 Å². The lowest BCUT2D eigenvalue weighted by Crippen LogP contribution is -2.59. The molecule has 0 radical (unpaired) electrons. The van der Waals surface area contributed by atoms with E-state index in [1.54, 1.807) is 5.57 Å². The summed E-state index contributed by atoms with van der Waals surface area (Å²) in [5.74, 6) is 2.04. The van der Waals surface area contributed by atoms with Gasteiger partial charge in [0.05, 0.1) is 0 Å². The van der Waals surface area contributed by atoms with E-state index in [0.29, 0.717) is 22.8 Å². The Morgan fingerprint density at radius 1 is 1.21 bits per heavy atom. The molecule has 4 rings (SSSR count). The molecule has 134 valence electrons.